The minimum Gasteiger partial charge on any atom is -0.394 e. The number of imidazole rings is 1. The molecule has 2 heterocycles. The molecule has 2 aromatic heterocycles. The van der Waals surface area contributed by atoms with Crippen LogP contribution in [0.15, 0.2) is 48.0 Å². The zero-order chi connectivity index (χ0) is 82.3. The smallest absolute Gasteiger partial charge is 0.245 e. The number of rotatable bonds is 51. The summed E-state index contributed by atoms with van der Waals surface area (Å²) in [4.78, 5) is 231. The number of amides is 16. The molecule has 0 radical (unpaired) electrons. The number of nitrogens with zero attached hydrogens (tertiary/aromatic N) is 3. The molecular weight excluding hydrogens is 1480 g/mol. The number of aliphatic hydroxyl groups excluding tert-OH is 2. The van der Waals surface area contributed by atoms with Crippen LogP contribution in [-0.2, 0) is 89.6 Å². The Morgan fingerprint density at radius 3 is 1.65 bits per heavy atom. The second-order valence-electron chi connectivity index (χ2n) is 26.6. The average molecular weight is 1590 g/mol. The molecule has 610 valence electrons. The SMILES string of the molecule is CSCC[C@H](NC(=O)[C@H](CC(C)C)NC(=O)[C@H](Cc1cnc[nH]1)NC(=O)CNC(=O)[C@@H](NC(=O)[C@H](C)NC(=O)[C@H](Cc1c[nH]c2ccccc12)NC(=O)[C@H](CCC(N)=O)NC(=O)[C@H](CCCN=C(N)N)NC(=O)[C@H](CO)NC(=O)CNC(=O)[C@H](CSCNC(C)=O)NC(=O)[C@H](CO)NC(=O)CN(C)C)C(C)C)C(N)=O. The zero-order valence-electron chi connectivity index (χ0n) is 63.0. The Hall–Kier alpha value is -10.7. The van der Waals surface area contributed by atoms with Crippen molar-refractivity contribution in [1.82, 2.24) is 94.3 Å². The van der Waals surface area contributed by atoms with Crippen molar-refractivity contribution in [2.24, 2.45) is 39.8 Å². The topological polar surface area (TPSA) is 646 Å². The molecule has 0 saturated carbocycles. The fourth-order valence-corrected chi connectivity index (χ4v) is 11.8. The number of aromatic amines is 2. The summed E-state index contributed by atoms with van der Waals surface area (Å²) in [7, 11) is 3.18. The molecule has 43 heteroatoms. The third-order valence-electron chi connectivity index (χ3n) is 16.2. The van der Waals surface area contributed by atoms with Crippen LogP contribution in [0.1, 0.15) is 91.3 Å². The summed E-state index contributed by atoms with van der Waals surface area (Å²) in [6, 6.07) is -9.15. The summed E-state index contributed by atoms with van der Waals surface area (Å²) < 4.78 is 0. The van der Waals surface area contributed by atoms with E-state index in [-0.39, 0.29) is 75.1 Å². The third kappa shape index (κ3) is 34.7. The van der Waals surface area contributed by atoms with Gasteiger partial charge in [-0.05, 0) is 88.6 Å². The van der Waals surface area contributed by atoms with E-state index in [0.717, 1.165) is 11.8 Å². The van der Waals surface area contributed by atoms with Crippen molar-refractivity contribution >= 4 is 135 Å². The Kier molecular flexibility index (Phi) is 41.4. The lowest BCUT2D eigenvalue weighted by molar-refractivity contribution is -0.136. The van der Waals surface area contributed by atoms with Gasteiger partial charge in [0.25, 0.3) is 0 Å². The number of benzene rings is 1. The Morgan fingerprint density at radius 2 is 1.09 bits per heavy atom. The van der Waals surface area contributed by atoms with Gasteiger partial charge in [0.15, 0.2) is 5.96 Å². The molecule has 0 spiro atoms. The van der Waals surface area contributed by atoms with Crippen molar-refractivity contribution in [1.29, 1.82) is 0 Å². The second kappa shape index (κ2) is 48.7. The van der Waals surface area contributed by atoms with E-state index in [2.05, 4.69) is 94.4 Å². The normalized spacial score (nSPS) is 14.1. The number of hydrogen-bond donors (Lipinski definition) is 22. The Morgan fingerprint density at radius 1 is 0.564 bits per heavy atom. The van der Waals surface area contributed by atoms with Crippen molar-refractivity contribution in [3.05, 3.63) is 54.2 Å². The number of aliphatic imine (C=N–C) groups is 1. The van der Waals surface area contributed by atoms with Gasteiger partial charge in [-0.15, -0.1) is 11.8 Å². The highest BCUT2D eigenvalue weighted by Gasteiger charge is 2.36. The number of likely N-dealkylation sites (N-methyl/N-ethyl adjacent to an activating group) is 1. The van der Waals surface area contributed by atoms with Crippen LogP contribution < -0.4 is 97.4 Å². The van der Waals surface area contributed by atoms with E-state index in [1.54, 1.807) is 58.4 Å². The number of nitrogens with one attached hydrogen (secondary N) is 16. The molecule has 3 aromatic rings. The number of carbonyl (C=O) groups is 16. The number of para-hydroxylation sites is 1. The number of thioether (sulfide) groups is 2. The Balaban J connectivity index is 1.86. The van der Waals surface area contributed by atoms with Crippen LogP contribution >= 0.6 is 23.5 Å². The minimum absolute atomic E-state index is 0.0163. The first-order valence-corrected chi connectivity index (χ1v) is 37.7. The molecule has 0 aliphatic rings. The summed E-state index contributed by atoms with van der Waals surface area (Å²) in [6.45, 7) is 5.49. The van der Waals surface area contributed by atoms with Crippen molar-refractivity contribution in [3.8, 4) is 0 Å². The van der Waals surface area contributed by atoms with Gasteiger partial charge in [0.05, 0.1) is 45.1 Å². The van der Waals surface area contributed by atoms with Crippen LogP contribution in [0, 0.1) is 11.8 Å². The van der Waals surface area contributed by atoms with Gasteiger partial charge in [0, 0.05) is 67.5 Å². The third-order valence-corrected chi connectivity index (χ3v) is 17.7. The van der Waals surface area contributed by atoms with Crippen molar-refractivity contribution < 1.29 is 86.9 Å². The molecule has 0 aliphatic carbocycles. The molecule has 0 aliphatic heterocycles. The van der Waals surface area contributed by atoms with Crippen LogP contribution in [0.4, 0.5) is 0 Å². The lowest BCUT2D eigenvalue weighted by Gasteiger charge is -2.27. The fourth-order valence-electron chi connectivity index (χ4n) is 10.4. The number of nitrogens with two attached hydrogens (primary N) is 4. The number of aromatic nitrogens is 3. The van der Waals surface area contributed by atoms with E-state index in [1.807, 2.05) is 20.1 Å². The number of primary amides is 2. The first kappa shape index (κ1) is 93.5. The summed E-state index contributed by atoms with van der Waals surface area (Å²) in [5.41, 5.74) is 23.7. The molecule has 1 aromatic carbocycles. The number of guanidine groups is 1. The first-order valence-electron chi connectivity index (χ1n) is 35.2. The second-order valence-corrected chi connectivity index (χ2v) is 28.6. The molecular formula is C67H107N23O18S2. The van der Waals surface area contributed by atoms with Gasteiger partial charge in [-0.1, -0.05) is 45.9 Å². The van der Waals surface area contributed by atoms with E-state index in [0.29, 0.717) is 27.9 Å². The number of H-pyrrole nitrogens is 2. The molecule has 0 saturated heterocycles. The minimum atomic E-state index is -1.83. The van der Waals surface area contributed by atoms with E-state index < -0.39 is 206 Å². The monoisotopic (exact) mass is 1590 g/mol. The van der Waals surface area contributed by atoms with Crippen molar-refractivity contribution in [2.45, 2.75) is 159 Å². The molecule has 0 unspecified atom stereocenters. The predicted octanol–water partition coefficient (Wildman–Crippen LogP) is -8.11. The number of aliphatic hydroxyl groups is 2. The van der Waals surface area contributed by atoms with Crippen LogP contribution in [0.2, 0.25) is 0 Å². The molecule has 11 atom stereocenters. The van der Waals surface area contributed by atoms with Crippen LogP contribution in [-0.4, -0.2) is 274 Å². The van der Waals surface area contributed by atoms with Gasteiger partial charge in [0.2, 0.25) is 94.5 Å². The van der Waals surface area contributed by atoms with Crippen LogP contribution in [0.5, 0.6) is 0 Å². The molecule has 3 rings (SSSR count). The summed E-state index contributed by atoms with van der Waals surface area (Å²) >= 11 is 2.42. The van der Waals surface area contributed by atoms with Gasteiger partial charge in [-0.3, -0.25) is 81.7 Å². The number of hydrogen-bond acceptors (Lipinski definition) is 23. The predicted molar refractivity (Wildman–Crippen MR) is 406 cm³/mol. The quantitative estimate of drug-likeness (QED) is 0.0108. The molecule has 0 bridgehead atoms. The van der Waals surface area contributed by atoms with Crippen LogP contribution in [0.3, 0.4) is 0 Å². The highest BCUT2D eigenvalue weighted by molar-refractivity contribution is 7.99. The molecule has 41 nitrogen and oxygen atoms in total. The summed E-state index contributed by atoms with van der Waals surface area (Å²) in [5.74, 6) is -15.0. The van der Waals surface area contributed by atoms with Crippen molar-refractivity contribution in [2.75, 3.05) is 77.1 Å². The van der Waals surface area contributed by atoms with E-state index >= 15 is 0 Å². The van der Waals surface area contributed by atoms with E-state index in [9.17, 15) is 86.9 Å². The van der Waals surface area contributed by atoms with Crippen LogP contribution in [0.25, 0.3) is 10.9 Å². The molecule has 110 heavy (non-hydrogen) atoms. The van der Waals surface area contributed by atoms with Gasteiger partial charge >= 0.3 is 0 Å². The van der Waals surface area contributed by atoms with Gasteiger partial charge < -0.3 is 122 Å². The van der Waals surface area contributed by atoms with Gasteiger partial charge in [-0.25, -0.2) is 4.98 Å². The highest BCUT2D eigenvalue weighted by Crippen LogP contribution is 2.20. The standard InChI is InChI=1S/C67H107N23O18S2/c1-34(2)21-45(62(104)83-42(56(69)98)18-20-109-9)86-63(105)47(23-39-25-72-32-77-39)80-52(95)27-76-66(108)55(35(3)4)89-57(99)36(5)79-61(103)46(22-38-24-74-41-14-11-10-13-40(38)41)87-60(102)44(16-17-51(68)94)85-59(101)43(15-12-19-73-67(70)71)84-64(106)48(29-91)81-53(96)26-75-58(100)50(31-110-33-78-37(6)93)88-65(107)49(30-92)82-54(97)28-90(7)8/h10-11,13-14,24-25,32,34-36,42-50,55,74,91-92H,12,15-23,26-31,33H2,1-9H3,(H2,68,94)(H2,69,98)(H,72,77)(H,75,100)(H,76,108)(H,78,93)(H,79,103)(H,80,95)(H,81,96)(H,82,97)(H,83,104)(H,84,106)(H,85,101)(H,86,105)(H,87,102)(H,88,107)(H,89,99)(H4,70,71,73)/t36-,42-,43-,44-,45-,46-,47-,48-,49-,50-,55-/m0/s1. The molecule has 0 fully saturated rings. The van der Waals surface area contributed by atoms with E-state index in [4.69, 9.17) is 22.9 Å². The van der Waals surface area contributed by atoms with Gasteiger partial charge in [0.1, 0.15) is 66.5 Å². The number of fused-ring (bicyclic) bond motifs is 1. The van der Waals surface area contributed by atoms with E-state index in [1.165, 1.54) is 43.0 Å². The maximum absolute atomic E-state index is 14.7. The molecule has 26 N–H and O–H groups in total. The lowest BCUT2D eigenvalue weighted by atomic mass is 10.0. The Bertz CT molecular complexity index is 3650. The van der Waals surface area contributed by atoms with Crippen molar-refractivity contribution in [3.63, 3.8) is 0 Å². The summed E-state index contributed by atoms with van der Waals surface area (Å²) in [6.07, 6.45) is 4.75. The highest BCUT2D eigenvalue weighted by atomic mass is 32.2. The summed E-state index contributed by atoms with van der Waals surface area (Å²) in [5, 5.41) is 55.6. The lowest BCUT2D eigenvalue weighted by Crippen LogP contribution is -2.60. The maximum Gasteiger partial charge on any atom is 0.245 e. The Labute approximate surface area is 643 Å². The molecule has 16 amide bonds. The average Bonchev–Trinajstić information content (AvgIpc) is 1.65. The maximum atomic E-state index is 14.7. The zero-order valence-corrected chi connectivity index (χ0v) is 64.6. The largest absolute Gasteiger partial charge is 0.394 e. The fraction of sp³-hybridized carbons (Fsp3) is 0.582. The van der Waals surface area contributed by atoms with Gasteiger partial charge in [-0.2, -0.15) is 11.8 Å². The first-order chi connectivity index (χ1) is 52.0. The number of carbonyl (C=O) groups excluding carboxylic acids is 16.